The van der Waals surface area contributed by atoms with Gasteiger partial charge < -0.3 is 14.8 Å². The third-order valence-corrected chi connectivity index (χ3v) is 4.54. The molecule has 29 heavy (non-hydrogen) atoms. The molecule has 148 valence electrons. The number of benzene rings is 1. The predicted octanol–water partition coefficient (Wildman–Crippen LogP) is 2.13. The summed E-state index contributed by atoms with van der Waals surface area (Å²) >= 11 is 0. The lowest BCUT2D eigenvalue weighted by molar-refractivity contribution is -0.121. The van der Waals surface area contributed by atoms with Crippen LogP contribution in [0.2, 0.25) is 0 Å². The molecule has 0 saturated heterocycles. The van der Waals surface area contributed by atoms with Crippen LogP contribution < -0.4 is 20.3 Å². The van der Waals surface area contributed by atoms with E-state index in [2.05, 4.69) is 15.4 Å². The molecule has 1 aliphatic heterocycles. The average molecular weight is 392 g/mol. The van der Waals surface area contributed by atoms with E-state index in [0.29, 0.717) is 43.1 Å². The molecular weight excluding hydrogens is 372 g/mol. The number of ether oxygens (including phenoxy) is 2. The van der Waals surface area contributed by atoms with Gasteiger partial charge in [0, 0.05) is 43.5 Å². The molecule has 0 saturated carbocycles. The summed E-state index contributed by atoms with van der Waals surface area (Å²) in [6, 6.07) is 12.4. The lowest BCUT2D eigenvalue weighted by Crippen LogP contribution is -2.25. The largest absolute Gasteiger partial charge is 0.454 e. The van der Waals surface area contributed by atoms with Crippen LogP contribution in [0.1, 0.15) is 18.4 Å². The second-order valence-corrected chi connectivity index (χ2v) is 6.58. The van der Waals surface area contributed by atoms with Crippen LogP contribution in [0.4, 0.5) is 0 Å². The fourth-order valence-electron chi connectivity index (χ4n) is 3.02. The molecule has 1 N–H and O–H groups in total. The number of aromatic nitrogens is 3. The van der Waals surface area contributed by atoms with Gasteiger partial charge in [-0.05, 0) is 42.3 Å². The summed E-state index contributed by atoms with van der Waals surface area (Å²) in [6.07, 6.45) is 4.17. The summed E-state index contributed by atoms with van der Waals surface area (Å²) in [7, 11) is 0. The maximum absolute atomic E-state index is 12.1. The van der Waals surface area contributed by atoms with Crippen molar-refractivity contribution >= 4 is 5.91 Å². The Morgan fingerprint density at radius 2 is 1.90 bits per heavy atom. The molecule has 1 aliphatic rings. The predicted molar refractivity (Wildman–Crippen MR) is 105 cm³/mol. The number of aryl methyl sites for hydroxylation is 1. The van der Waals surface area contributed by atoms with Gasteiger partial charge in [0.05, 0.1) is 5.69 Å². The molecule has 0 fully saturated rings. The first-order valence-corrected chi connectivity index (χ1v) is 9.33. The Hall–Kier alpha value is -3.68. The van der Waals surface area contributed by atoms with Gasteiger partial charge in [-0.2, -0.15) is 5.10 Å². The van der Waals surface area contributed by atoms with E-state index in [9.17, 15) is 9.59 Å². The van der Waals surface area contributed by atoms with Gasteiger partial charge >= 0.3 is 0 Å². The highest BCUT2D eigenvalue weighted by Gasteiger charge is 2.13. The minimum absolute atomic E-state index is 0.0824. The zero-order valence-corrected chi connectivity index (χ0v) is 15.7. The van der Waals surface area contributed by atoms with Gasteiger partial charge in [0.2, 0.25) is 12.7 Å². The van der Waals surface area contributed by atoms with Crippen LogP contribution >= 0.6 is 0 Å². The number of nitrogens with one attached hydrogen (secondary N) is 1. The van der Waals surface area contributed by atoms with E-state index in [1.807, 2.05) is 30.3 Å². The van der Waals surface area contributed by atoms with E-state index in [-0.39, 0.29) is 18.3 Å². The number of carbonyl (C=O) groups excluding carboxylic acids is 1. The molecule has 0 spiro atoms. The van der Waals surface area contributed by atoms with E-state index in [1.54, 1.807) is 18.5 Å². The highest BCUT2D eigenvalue weighted by Crippen LogP contribution is 2.32. The van der Waals surface area contributed by atoms with Gasteiger partial charge in [-0.1, -0.05) is 6.07 Å². The summed E-state index contributed by atoms with van der Waals surface area (Å²) in [4.78, 5) is 28.2. The number of hydrogen-bond acceptors (Lipinski definition) is 6. The van der Waals surface area contributed by atoms with Gasteiger partial charge in [0.15, 0.2) is 11.5 Å². The Balaban J connectivity index is 1.28. The second-order valence-electron chi connectivity index (χ2n) is 6.58. The smallest absolute Gasteiger partial charge is 0.266 e. The van der Waals surface area contributed by atoms with Gasteiger partial charge in [-0.15, -0.1) is 0 Å². The van der Waals surface area contributed by atoms with Crippen LogP contribution in [0, 0.1) is 0 Å². The van der Waals surface area contributed by atoms with Crippen molar-refractivity contribution in [3.05, 3.63) is 70.8 Å². The van der Waals surface area contributed by atoms with Crippen molar-refractivity contribution in [3.8, 4) is 22.8 Å². The van der Waals surface area contributed by atoms with Gasteiger partial charge in [0.25, 0.3) is 5.56 Å². The molecule has 0 aliphatic carbocycles. The molecule has 0 unspecified atom stereocenters. The van der Waals surface area contributed by atoms with Crippen molar-refractivity contribution in [2.75, 3.05) is 6.79 Å². The van der Waals surface area contributed by atoms with Crippen LogP contribution in [0.3, 0.4) is 0 Å². The lowest BCUT2D eigenvalue weighted by atomic mass is 10.2. The number of fused-ring (bicyclic) bond motifs is 1. The number of amides is 1. The third kappa shape index (κ3) is 4.60. The van der Waals surface area contributed by atoms with Crippen molar-refractivity contribution in [2.45, 2.75) is 25.9 Å². The van der Waals surface area contributed by atoms with Crippen LogP contribution in [0.25, 0.3) is 11.3 Å². The number of hydrogen-bond donors (Lipinski definition) is 1. The Labute approximate surface area is 167 Å². The molecule has 3 aromatic rings. The molecular formula is C21H20N4O4. The Bertz CT molecular complexity index is 1070. The van der Waals surface area contributed by atoms with E-state index in [4.69, 9.17) is 9.47 Å². The fourth-order valence-corrected chi connectivity index (χ4v) is 3.02. The van der Waals surface area contributed by atoms with Crippen LogP contribution in [-0.4, -0.2) is 27.5 Å². The first-order chi connectivity index (χ1) is 14.2. The summed E-state index contributed by atoms with van der Waals surface area (Å²) in [6.45, 7) is 1.00. The maximum atomic E-state index is 12.1. The molecule has 1 amide bonds. The van der Waals surface area contributed by atoms with Crippen molar-refractivity contribution in [2.24, 2.45) is 0 Å². The van der Waals surface area contributed by atoms with Crippen molar-refractivity contribution in [1.82, 2.24) is 20.1 Å². The molecule has 2 aromatic heterocycles. The number of nitrogens with zero attached hydrogens (tertiary/aromatic N) is 3. The molecule has 3 heterocycles. The minimum atomic E-state index is -0.191. The summed E-state index contributed by atoms with van der Waals surface area (Å²) in [5, 5.41) is 7.26. The van der Waals surface area contributed by atoms with E-state index in [0.717, 1.165) is 11.1 Å². The first kappa shape index (κ1) is 18.7. The summed E-state index contributed by atoms with van der Waals surface area (Å²) in [5.74, 6) is 1.32. The third-order valence-electron chi connectivity index (χ3n) is 4.54. The van der Waals surface area contributed by atoms with Gasteiger partial charge in [-0.3, -0.25) is 14.6 Å². The van der Waals surface area contributed by atoms with E-state index < -0.39 is 0 Å². The van der Waals surface area contributed by atoms with Crippen LogP contribution in [-0.2, 0) is 17.9 Å². The van der Waals surface area contributed by atoms with Crippen molar-refractivity contribution in [1.29, 1.82) is 0 Å². The van der Waals surface area contributed by atoms with Crippen LogP contribution in [0.5, 0.6) is 11.5 Å². The standard InChI is InChI=1S/C21H20N4O4/c26-20(23-13-15-3-5-18-19(12-15)29-14-28-18)2-1-11-25-21(27)6-4-17(24-25)16-7-9-22-10-8-16/h3-10,12H,1-2,11,13-14H2,(H,23,26). The highest BCUT2D eigenvalue weighted by atomic mass is 16.7. The average Bonchev–Trinajstić information content (AvgIpc) is 3.22. The Morgan fingerprint density at radius 3 is 2.76 bits per heavy atom. The van der Waals surface area contributed by atoms with Gasteiger partial charge in [0.1, 0.15) is 0 Å². The molecule has 8 nitrogen and oxygen atoms in total. The summed E-state index contributed by atoms with van der Waals surface area (Å²) in [5.41, 5.74) is 2.32. The molecule has 4 rings (SSSR count). The first-order valence-electron chi connectivity index (χ1n) is 9.33. The number of carbonyl (C=O) groups is 1. The van der Waals surface area contributed by atoms with Crippen LogP contribution in [0.15, 0.2) is 59.7 Å². The molecule has 0 atom stereocenters. The van der Waals surface area contributed by atoms with E-state index >= 15 is 0 Å². The molecule has 0 bridgehead atoms. The Morgan fingerprint density at radius 1 is 1.07 bits per heavy atom. The van der Waals surface area contributed by atoms with Crippen molar-refractivity contribution in [3.63, 3.8) is 0 Å². The van der Waals surface area contributed by atoms with Crippen molar-refractivity contribution < 1.29 is 14.3 Å². The zero-order chi connectivity index (χ0) is 20.1. The highest BCUT2D eigenvalue weighted by molar-refractivity contribution is 5.75. The topological polar surface area (TPSA) is 95.3 Å². The molecule has 1 aromatic carbocycles. The monoisotopic (exact) mass is 392 g/mol. The Kier molecular flexibility index (Phi) is 5.51. The maximum Gasteiger partial charge on any atom is 0.266 e. The lowest BCUT2D eigenvalue weighted by Gasteiger charge is -2.08. The number of rotatable bonds is 7. The zero-order valence-electron chi connectivity index (χ0n) is 15.7. The second kappa shape index (κ2) is 8.55. The quantitative estimate of drug-likeness (QED) is 0.662. The minimum Gasteiger partial charge on any atom is -0.454 e. The SMILES string of the molecule is O=C(CCCn1nc(-c2ccncc2)ccc1=O)NCc1ccc2c(c1)OCO2. The molecule has 0 radical (unpaired) electrons. The number of pyridine rings is 1. The van der Waals surface area contributed by atoms with Gasteiger partial charge in [-0.25, -0.2) is 4.68 Å². The molecule has 8 heteroatoms. The fraction of sp³-hybridized carbons (Fsp3) is 0.238. The van der Waals surface area contributed by atoms with E-state index in [1.165, 1.54) is 10.7 Å². The summed E-state index contributed by atoms with van der Waals surface area (Å²) < 4.78 is 12.0. The normalized spacial score (nSPS) is 12.0.